The number of carboxylic acid groups (broad SMARTS) is 1. The SMILES string of the molecule is CC(C)Oc1ccc2ccccc2c1/C=C(\Sc1n[nH]c(-c2ccc(Cl)cc2)n1)C(=O)O. The number of aromatic amines is 1. The molecule has 1 heterocycles. The molecule has 0 aliphatic carbocycles. The number of hydrogen-bond donors (Lipinski definition) is 2. The minimum absolute atomic E-state index is 0.0563. The number of aromatic nitrogens is 3. The van der Waals surface area contributed by atoms with Crippen LogP contribution < -0.4 is 4.74 Å². The molecule has 4 rings (SSSR count). The number of hydrogen-bond acceptors (Lipinski definition) is 5. The van der Waals surface area contributed by atoms with Crippen molar-refractivity contribution >= 4 is 46.2 Å². The largest absolute Gasteiger partial charge is 0.490 e. The molecule has 0 saturated heterocycles. The van der Waals surface area contributed by atoms with Gasteiger partial charge in [-0.2, -0.15) is 0 Å². The second kappa shape index (κ2) is 9.46. The average molecular weight is 466 g/mol. The van der Waals surface area contributed by atoms with E-state index in [2.05, 4.69) is 15.2 Å². The van der Waals surface area contributed by atoms with Gasteiger partial charge < -0.3 is 9.84 Å². The Morgan fingerprint density at radius 2 is 1.88 bits per heavy atom. The highest BCUT2D eigenvalue weighted by molar-refractivity contribution is 8.04. The van der Waals surface area contributed by atoms with Crippen LogP contribution >= 0.6 is 23.4 Å². The Hall–Kier alpha value is -3.29. The molecule has 0 aliphatic rings. The molecule has 0 unspecified atom stereocenters. The first-order chi connectivity index (χ1) is 15.4. The highest BCUT2D eigenvalue weighted by atomic mass is 35.5. The third-order valence-corrected chi connectivity index (χ3v) is 5.69. The van der Waals surface area contributed by atoms with Crippen molar-refractivity contribution in [1.82, 2.24) is 15.2 Å². The molecule has 0 amide bonds. The monoisotopic (exact) mass is 465 g/mol. The molecule has 0 bridgehead atoms. The summed E-state index contributed by atoms with van der Waals surface area (Å²) in [5.41, 5.74) is 1.51. The van der Waals surface area contributed by atoms with Gasteiger partial charge in [-0.05, 0) is 72.8 Å². The maximum atomic E-state index is 12.1. The van der Waals surface area contributed by atoms with Gasteiger partial charge in [0, 0.05) is 16.1 Å². The van der Waals surface area contributed by atoms with E-state index in [1.807, 2.05) is 62.4 Å². The Morgan fingerprint density at radius 3 is 2.59 bits per heavy atom. The van der Waals surface area contributed by atoms with Crippen LogP contribution in [0, 0.1) is 0 Å². The molecule has 0 saturated carbocycles. The van der Waals surface area contributed by atoms with E-state index in [9.17, 15) is 9.90 Å². The molecule has 2 N–H and O–H groups in total. The van der Waals surface area contributed by atoms with Crippen LogP contribution in [-0.4, -0.2) is 32.4 Å². The van der Waals surface area contributed by atoms with Crippen LogP contribution in [0.1, 0.15) is 19.4 Å². The third kappa shape index (κ3) is 4.95. The number of H-pyrrole nitrogens is 1. The summed E-state index contributed by atoms with van der Waals surface area (Å²) in [6, 6.07) is 18.8. The van der Waals surface area contributed by atoms with Crippen molar-refractivity contribution in [3.8, 4) is 17.1 Å². The quantitative estimate of drug-likeness (QED) is 0.246. The van der Waals surface area contributed by atoms with Gasteiger partial charge in [0.05, 0.1) is 6.10 Å². The van der Waals surface area contributed by atoms with Gasteiger partial charge in [0.2, 0.25) is 5.16 Å². The van der Waals surface area contributed by atoms with Crippen molar-refractivity contribution in [2.45, 2.75) is 25.1 Å². The van der Waals surface area contributed by atoms with Crippen molar-refractivity contribution in [3.05, 3.63) is 76.2 Å². The number of fused-ring (bicyclic) bond motifs is 1. The summed E-state index contributed by atoms with van der Waals surface area (Å²) < 4.78 is 5.96. The van der Waals surface area contributed by atoms with Crippen LogP contribution in [0.25, 0.3) is 28.2 Å². The fourth-order valence-corrected chi connectivity index (χ4v) is 3.99. The number of nitrogens with zero attached hydrogens (tertiary/aromatic N) is 2. The summed E-state index contributed by atoms with van der Waals surface area (Å²) in [6.07, 6.45) is 1.56. The Balaban J connectivity index is 1.72. The summed E-state index contributed by atoms with van der Waals surface area (Å²) in [5.74, 6) is 0.0778. The summed E-state index contributed by atoms with van der Waals surface area (Å²) in [6.45, 7) is 3.86. The van der Waals surface area contributed by atoms with Crippen molar-refractivity contribution in [1.29, 1.82) is 0 Å². The summed E-state index contributed by atoms with van der Waals surface area (Å²) in [4.78, 5) is 16.6. The molecule has 1 aromatic heterocycles. The Morgan fingerprint density at radius 1 is 1.12 bits per heavy atom. The molecule has 3 aromatic carbocycles. The molecule has 0 radical (unpaired) electrons. The molecular formula is C24H20ClN3O3S. The topological polar surface area (TPSA) is 88.1 Å². The van der Waals surface area contributed by atoms with Crippen LogP contribution in [0.5, 0.6) is 5.75 Å². The highest BCUT2D eigenvalue weighted by Gasteiger charge is 2.17. The molecule has 0 aliphatic heterocycles. The maximum Gasteiger partial charge on any atom is 0.342 e. The second-order valence-electron chi connectivity index (χ2n) is 7.25. The zero-order valence-electron chi connectivity index (χ0n) is 17.4. The maximum absolute atomic E-state index is 12.1. The van der Waals surface area contributed by atoms with E-state index in [-0.39, 0.29) is 11.0 Å². The number of nitrogens with one attached hydrogen (secondary N) is 1. The zero-order valence-corrected chi connectivity index (χ0v) is 18.9. The lowest BCUT2D eigenvalue weighted by molar-refractivity contribution is -0.131. The first-order valence-corrected chi connectivity index (χ1v) is 11.1. The lowest BCUT2D eigenvalue weighted by atomic mass is 10.0. The van der Waals surface area contributed by atoms with Gasteiger partial charge in [-0.3, -0.25) is 5.10 Å². The van der Waals surface area contributed by atoms with E-state index in [1.165, 1.54) is 0 Å². The van der Waals surface area contributed by atoms with Crippen LogP contribution in [0.3, 0.4) is 0 Å². The fourth-order valence-electron chi connectivity index (χ4n) is 3.17. The van der Waals surface area contributed by atoms with E-state index in [4.69, 9.17) is 16.3 Å². The van der Waals surface area contributed by atoms with E-state index in [1.54, 1.807) is 18.2 Å². The van der Waals surface area contributed by atoms with E-state index < -0.39 is 5.97 Å². The van der Waals surface area contributed by atoms with Crippen LogP contribution in [-0.2, 0) is 4.79 Å². The van der Waals surface area contributed by atoms with Crippen LogP contribution in [0.4, 0.5) is 0 Å². The Kier molecular flexibility index (Phi) is 6.48. The lowest BCUT2D eigenvalue weighted by Gasteiger charge is -2.15. The average Bonchev–Trinajstić information content (AvgIpc) is 3.23. The minimum Gasteiger partial charge on any atom is -0.490 e. The highest BCUT2D eigenvalue weighted by Crippen LogP contribution is 2.34. The van der Waals surface area contributed by atoms with Crippen molar-refractivity contribution in [2.24, 2.45) is 0 Å². The summed E-state index contributed by atoms with van der Waals surface area (Å²) in [7, 11) is 0. The molecular weight excluding hydrogens is 446 g/mol. The molecule has 32 heavy (non-hydrogen) atoms. The molecule has 0 spiro atoms. The minimum atomic E-state index is -1.07. The number of carbonyl (C=O) groups is 1. The summed E-state index contributed by atoms with van der Waals surface area (Å²) in [5, 5.41) is 19.7. The number of rotatable bonds is 7. The standard InChI is InChI=1S/C24H20ClN3O3S/c1-14(2)31-20-12-9-15-5-3-4-6-18(15)19(20)13-21(23(29)30)32-24-26-22(27-28-24)16-7-10-17(25)11-8-16/h3-14H,1-2H3,(H,29,30)(H,26,27,28)/b21-13-. The van der Waals surface area contributed by atoms with E-state index >= 15 is 0 Å². The van der Waals surface area contributed by atoms with Gasteiger partial charge in [-0.1, -0.05) is 41.9 Å². The zero-order chi connectivity index (χ0) is 22.7. The van der Waals surface area contributed by atoms with Gasteiger partial charge >= 0.3 is 5.97 Å². The van der Waals surface area contributed by atoms with Gasteiger partial charge in [-0.25, -0.2) is 9.78 Å². The fraction of sp³-hybridized carbons (Fsp3) is 0.125. The molecule has 0 atom stereocenters. The summed E-state index contributed by atoms with van der Waals surface area (Å²) >= 11 is 6.91. The number of aliphatic carboxylic acids is 1. The number of halogens is 1. The Labute approximate surface area is 194 Å². The molecule has 4 aromatic rings. The van der Waals surface area contributed by atoms with Crippen molar-refractivity contribution < 1.29 is 14.6 Å². The predicted octanol–water partition coefficient (Wildman–Crippen LogP) is 6.28. The molecule has 0 fully saturated rings. The first kappa shape index (κ1) is 21.9. The van der Waals surface area contributed by atoms with Crippen LogP contribution in [0.2, 0.25) is 5.02 Å². The van der Waals surface area contributed by atoms with Crippen molar-refractivity contribution in [2.75, 3.05) is 0 Å². The van der Waals surface area contributed by atoms with E-state index in [0.717, 1.165) is 28.1 Å². The molecule has 162 valence electrons. The van der Waals surface area contributed by atoms with Crippen molar-refractivity contribution in [3.63, 3.8) is 0 Å². The van der Waals surface area contributed by atoms with Gasteiger partial charge in [0.1, 0.15) is 10.7 Å². The predicted molar refractivity (Wildman–Crippen MR) is 128 cm³/mol. The first-order valence-electron chi connectivity index (χ1n) is 9.90. The number of thioether (sulfide) groups is 1. The third-order valence-electron chi connectivity index (χ3n) is 4.56. The lowest BCUT2D eigenvalue weighted by Crippen LogP contribution is -2.07. The van der Waals surface area contributed by atoms with E-state index in [0.29, 0.717) is 27.3 Å². The molecule has 8 heteroatoms. The number of benzene rings is 3. The molecule has 6 nitrogen and oxygen atoms in total. The van der Waals surface area contributed by atoms with Crippen LogP contribution in [0.15, 0.2) is 70.7 Å². The van der Waals surface area contributed by atoms with Gasteiger partial charge in [0.15, 0.2) is 5.82 Å². The van der Waals surface area contributed by atoms with Gasteiger partial charge in [0.25, 0.3) is 0 Å². The number of ether oxygens (including phenoxy) is 1. The van der Waals surface area contributed by atoms with Gasteiger partial charge in [-0.15, -0.1) is 5.10 Å². The second-order valence-corrected chi connectivity index (χ2v) is 8.70. The Bertz CT molecular complexity index is 1300. The number of carboxylic acids is 1. The smallest absolute Gasteiger partial charge is 0.342 e. The normalized spacial score (nSPS) is 11.8.